The third-order valence-corrected chi connectivity index (χ3v) is 5.13. The summed E-state index contributed by atoms with van der Waals surface area (Å²) in [4.78, 5) is 0. The summed E-state index contributed by atoms with van der Waals surface area (Å²) in [7, 11) is 0. The van der Waals surface area contributed by atoms with Crippen LogP contribution >= 0.6 is 22.6 Å². The Bertz CT molecular complexity index is 428. The van der Waals surface area contributed by atoms with Crippen molar-refractivity contribution in [2.45, 2.75) is 38.5 Å². The molecule has 1 aromatic rings. The van der Waals surface area contributed by atoms with E-state index in [1.54, 1.807) is 19.1 Å². The molecule has 1 nitrogen and oxygen atoms in total. The Labute approximate surface area is 126 Å². The fraction of sp³-hybridized carbons (Fsp3) is 0.600. The standard InChI is InChI=1S/C15H19F2IO/c1-2-19-13-8-7-12(14(16)15(13)17)11-5-3-10(9-18)4-6-11/h7-8,10-11H,2-6,9H2,1H3/t10-,11-. The first-order valence-corrected chi connectivity index (χ1v) is 8.36. The molecule has 0 aromatic heterocycles. The summed E-state index contributed by atoms with van der Waals surface area (Å²) in [5.74, 6) is -0.638. The lowest BCUT2D eigenvalue weighted by Crippen LogP contribution is -2.15. The molecule has 2 rings (SSSR count). The van der Waals surface area contributed by atoms with Gasteiger partial charge in [-0.1, -0.05) is 28.7 Å². The van der Waals surface area contributed by atoms with Crippen LogP contribution in [-0.2, 0) is 0 Å². The fourth-order valence-corrected chi connectivity index (χ4v) is 3.64. The maximum absolute atomic E-state index is 14.1. The minimum absolute atomic E-state index is 0.0182. The van der Waals surface area contributed by atoms with Crippen LogP contribution in [0.2, 0.25) is 0 Å². The maximum Gasteiger partial charge on any atom is 0.200 e. The van der Waals surface area contributed by atoms with Crippen LogP contribution in [0.15, 0.2) is 12.1 Å². The molecule has 19 heavy (non-hydrogen) atoms. The van der Waals surface area contributed by atoms with Crippen molar-refractivity contribution >= 4 is 22.6 Å². The van der Waals surface area contributed by atoms with Crippen molar-refractivity contribution in [2.24, 2.45) is 5.92 Å². The Hall–Kier alpha value is -0.390. The van der Waals surface area contributed by atoms with Gasteiger partial charge in [0.1, 0.15) is 0 Å². The number of halogens is 3. The molecule has 4 heteroatoms. The molecule has 0 saturated heterocycles. The van der Waals surface area contributed by atoms with Gasteiger partial charge in [-0.05, 0) is 56.1 Å². The van der Waals surface area contributed by atoms with E-state index in [9.17, 15) is 8.78 Å². The van der Waals surface area contributed by atoms with Crippen LogP contribution in [0.1, 0.15) is 44.1 Å². The van der Waals surface area contributed by atoms with Crippen molar-refractivity contribution in [3.63, 3.8) is 0 Å². The minimum Gasteiger partial charge on any atom is -0.491 e. The second-order valence-electron chi connectivity index (χ2n) is 5.09. The summed E-state index contributed by atoms with van der Waals surface area (Å²) in [6.45, 7) is 2.10. The molecule has 0 amide bonds. The lowest BCUT2D eigenvalue weighted by atomic mass is 9.79. The number of ether oxygens (including phenoxy) is 1. The Kier molecular flexibility index (Phi) is 5.42. The SMILES string of the molecule is CCOc1ccc([C@H]2CC[C@H](CI)CC2)c(F)c1F. The Balaban J connectivity index is 2.15. The van der Waals surface area contributed by atoms with Gasteiger partial charge >= 0.3 is 0 Å². The Morgan fingerprint density at radius 3 is 2.42 bits per heavy atom. The molecule has 1 aliphatic carbocycles. The van der Waals surface area contributed by atoms with Crippen LogP contribution < -0.4 is 4.74 Å². The molecule has 0 radical (unpaired) electrons. The number of rotatable bonds is 4. The van der Waals surface area contributed by atoms with Crippen LogP contribution in [0.5, 0.6) is 5.75 Å². The highest BCUT2D eigenvalue weighted by Crippen LogP contribution is 2.39. The highest BCUT2D eigenvalue weighted by molar-refractivity contribution is 14.1. The first-order chi connectivity index (χ1) is 9.17. The molecule has 0 N–H and O–H groups in total. The summed E-state index contributed by atoms with van der Waals surface area (Å²) in [6.07, 6.45) is 4.14. The molecule has 1 aliphatic rings. The Morgan fingerprint density at radius 1 is 1.16 bits per heavy atom. The zero-order valence-electron chi connectivity index (χ0n) is 11.1. The lowest BCUT2D eigenvalue weighted by molar-refractivity contribution is 0.308. The summed E-state index contributed by atoms with van der Waals surface area (Å²) in [5, 5.41) is 0. The average molecular weight is 380 g/mol. The van der Waals surface area contributed by atoms with Crippen molar-refractivity contribution < 1.29 is 13.5 Å². The zero-order valence-corrected chi connectivity index (χ0v) is 13.3. The molecule has 0 aliphatic heterocycles. The van der Waals surface area contributed by atoms with Crippen molar-refractivity contribution in [3.05, 3.63) is 29.3 Å². The van der Waals surface area contributed by atoms with E-state index in [1.807, 2.05) is 0 Å². The first kappa shape index (κ1) is 15.0. The monoisotopic (exact) mass is 380 g/mol. The van der Waals surface area contributed by atoms with Crippen molar-refractivity contribution in [1.29, 1.82) is 0 Å². The van der Waals surface area contributed by atoms with E-state index in [-0.39, 0.29) is 11.7 Å². The molecule has 1 aromatic carbocycles. The van der Waals surface area contributed by atoms with Gasteiger partial charge in [0.2, 0.25) is 5.82 Å². The van der Waals surface area contributed by atoms with Gasteiger partial charge in [0, 0.05) is 4.43 Å². The molecule has 0 bridgehead atoms. The summed E-state index contributed by atoms with van der Waals surface area (Å²) in [5.41, 5.74) is 0.521. The number of hydrogen-bond acceptors (Lipinski definition) is 1. The topological polar surface area (TPSA) is 9.23 Å². The number of hydrogen-bond donors (Lipinski definition) is 0. The van der Waals surface area contributed by atoms with E-state index in [0.717, 1.165) is 36.0 Å². The van der Waals surface area contributed by atoms with Gasteiger partial charge in [-0.2, -0.15) is 4.39 Å². The summed E-state index contributed by atoms with van der Waals surface area (Å²) >= 11 is 2.40. The predicted molar refractivity (Wildman–Crippen MR) is 81.1 cm³/mol. The van der Waals surface area contributed by atoms with Crippen molar-refractivity contribution in [3.8, 4) is 5.75 Å². The van der Waals surface area contributed by atoms with E-state index in [1.165, 1.54) is 0 Å². The van der Waals surface area contributed by atoms with Gasteiger partial charge in [0.05, 0.1) is 6.61 Å². The molecule has 0 unspecified atom stereocenters. The van der Waals surface area contributed by atoms with E-state index in [0.29, 0.717) is 12.2 Å². The zero-order chi connectivity index (χ0) is 13.8. The third-order valence-electron chi connectivity index (χ3n) is 3.88. The number of alkyl halides is 1. The molecule has 1 saturated carbocycles. The van der Waals surface area contributed by atoms with Gasteiger partial charge in [0.25, 0.3) is 0 Å². The maximum atomic E-state index is 14.1. The second kappa shape index (κ2) is 6.86. The molecular formula is C15H19F2IO. The van der Waals surface area contributed by atoms with Gasteiger partial charge < -0.3 is 4.74 Å². The van der Waals surface area contributed by atoms with Crippen LogP contribution in [0.4, 0.5) is 8.78 Å². The van der Waals surface area contributed by atoms with E-state index >= 15 is 0 Å². The molecule has 0 atom stereocenters. The molecular weight excluding hydrogens is 361 g/mol. The average Bonchev–Trinajstić information content (AvgIpc) is 2.45. The van der Waals surface area contributed by atoms with Crippen molar-refractivity contribution in [2.75, 3.05) is 11.0 Å². The highest BCUT2D eigenvalue weighted by Gasteiger charge is 2.26. The molecule has 0 spiro atoms. The minimum atomic E-state index is -0.838. The predicted octanol–water partition coefficient (Wildman–Crippen LogP) is 5.07. The smallest absolute Gasteiger partial charge is 0.200 e. The van der Waals surface area contributed by atoms with Crippen LogP contribution in [0.3, 0.4) is 0 Å². The molecule has 106 valence electrons. The summed E-state index contributed by atoms with van der Waals surface area (Å²) < 4.78 is 34.2. The van der Waals surface area contributed by atoms with Gasteiger partial charge in [-0.15, -0.1) is 0 Å². The van der Waals surface area contributed by atoms with Crippen LogP contribution in [-0.4, -0.2) is 11.0 Å². The largest absolute Gasteiger partial charge is 0.491 e. The number of benzene rings is 1. The summed E-state index contributed by atoms with van der Waals surface area (Å²) in [6, 6.07) is 3.25. The molecule has 0 heterocycles. The van der Waals surface area contributed by atoms with Crippen LogP contribution in [0, 0.1) is 17.6 Å². The van der Waals surface area contributed by atoms with E-state index in [4.69, 9.17) is 4.74 Å². The normalized spacial score (nSPS) is 23.4. The quantitative estimate of drug-likeness (QED) is 0.523. The van der Waals surface area contributed by atoms with Crippen LogP contribution in [0.25, 0.3) is 0 Å². The fourth-order valence-electron chi connectivity index (χ4n) is 2.76. The lowest BCUT2D eigenvalue weighted by Gasteiger charge is -2.28. The second-order valence-corrected chi connectivity index (χ2v) is 5.97. The Morgan fingerprint density at radius 2 is 1.84 bits per heavy atom. The van der Waals surface area contributed by atoms with Gasteiger partial charge in [-0.25, -0.2) is 4.39 Å². The van der Waals surface area contributed by atoms with Crippen molar-refractivity contribution in [1.82, 2.24) is 0 Å². The van der Waals surface area contributed by atoms with Gasteiger partial charge in [-0.3, -0.25) is 0 Å². The highest BCUT2D eigenvalue weighted by atomic mass is 127. The van der Waals surface area contributed by atoms with E-state index in [2.05, 4.69) is 22.6 Å². The molecule has 1 fully saturated rings. The third kappa shape index (κ3) is 3.38. The van der Waals surface area contributed by atoms with E-state index < -0.39 is 11.6 Å². The first-order valence-electron chi connectivity index (χ1n) is 6.84. The van der Waals surface area contributed by atoms with Gasteiger partial charge in [0.15, 0.2) is 11.6 Å².